The summed E-state index contributed by atoms with van der Waals surface area (Å²) >= 11 is 1.48. The molecule has 1 aliphatic rings. The van der Waals surface area contributed by atoms with Gasteiger partial charge in [0, 0.05) is 16.3 Å². The van der Waals surface area contributed by atoms with Gasteiger partial charge in [-0.25, -0.2) is 0 Å². The van der Waals surface area contributed by atoms with Crippen molar-refractivity contribution in [3.8, 4) is 5.75 Å². The molecule has 2 heterocycles. The first-order valence-electron chi connectivity index (χ1n) is 9.97. The molecule has 3 aromatic rings. The molecule has 1 atom stereocenters. The van der Waals surface area contributed by atoms with Crippen LogP contribution in [-0.4, -0.2) is 25.0 Å². The minimum atomic E-state index is -0.691. The van der Waals surface area contributed by atoms with Crippen molar-refractivity contribution in [2.75, 3.05) is 23.0 Å². The number of thiophene rings is 1. The lowest BCUT2D eigenvalue weighted by atomic mass is 10.0. The van der Waals surface area contributed by atoms with Crippen LogP contribution in [0.1, 0.15) is 29.0 Å². The number of carbonyl (C=O) groups is 2. The van der Waals surface area contributed by atoms with Gasteiger partial charge >= 0.3 is 0 Å². The van der Waals surface area contributed by atoms with Gasteiger partial charge in [0.1, 0.15) is 12.3 Å². The SMILES string of the molecule is CCOc1ccc(N2C(=O)CN(c3cccc(C)c3C)C(=O)[C@@H]2c2cccs2)cc1. The van der Waals surface area contributed by atoms with E-state index in [0.29, 0.717) is 12.3 Å². The van der Waals surface area contributed by atoms with Crippen LogP contribution >= 0.6 is 11.3 Å². The van der Waals surface area contributed by atoms with Gasteiger partial charge in [0.05, 0.1) is 6.61 Å². The van der Waals surface area contributed by atoms with Crippen LogP contribution in [0.25, 0.3) is 0 Å². The van der Waals surface area contributed by atoms with E-state index in [1.165, 1.54) is 11.3 Å². The van der Waals surface area contributed by atoms with Crippen LogP contribution in [-0.2, 0) is 9.59 Å². The number of hydrogen-bond acceptors (Lipinski definition) is 4. The molecule has 1 fully saturated rings. The Morgan fingerprint density at radius 3 is 2.47 bits per heavy atom. The number of benzene rings is 2. The van der Waals surface area contributed by atoms with E-state index in [4.69, 9.17) is 4.74 Å². The van der Waals surface area contributed by atoms with Crippen LogP contribution < -0.4 is 14.5 Å². The van der Waals surface area contributed by atoms with Crippen molar-refractivity contribution in [3.63, 3.8) is 0 Å². The van der Waals surface area contributed by atoms with E-state index in [9.17, 15) is 9.59 Å². The van der Waals surface area contributed by atoms with E-state index in [1.807, 2.05) is 80.7 Å². The van der Waals surface area contributed by atoms with Gasteiger partial charge in [0.15, 0.2) is 6.04 Å². The lowest BCUT2D eigenvalue weighted by molar-refractivity contribution is -0.128. The van der Waals surface area contributed by atoms with E-state index in [1.54, 1.807) is 9.80 Å². The van der Waals surface area contributed by atoms with E-state index in [2.05, 4.69) is 0 Å². The second kappa shape index (κ2) is 8.32. The largest absolute Gasteiger partial charge is 0.494 e. The Hall–Kier alpha value is -3.12. The van der Waals surface area contributed by atoms with Crippen LogP contribution in [0.15, 0.2) is 60.0 Å². The monoisotopic (exact) mass is 420 g/mol. The third kappa shape index (κ3) is 3.59. The lowest BCUT2D eigenvalue weighted by Gasteiger charge is -2.40. The highest BCUT2D eigenvalue weighted by atomic mass is 32.1. The second-order valence-electron chi connectivity index (χ2n) is 7.25. The number of rotatable bonds is 5. The van der Waals surface area contributed by atoms with Gasteiger partial charge in [-0.05, 0) is 73.7 Å². The van der Waals surface area contributed by atoms with Crippen LogP contribution in [0.4, 0.5) is 11.4 Å². The van der Waals surface area contributed by atoms with E-state index >= 15 is 0 Å². The Labute approximate surface area is 180 Å². The molecule has 0 aliphatic carbocycles. The lowest BCUT2D eigenvalue weighted by Crippen LogP contribution is -2.56. The number of ether oxygens (including phenoxy) is 1. The molecule has 1 aromatic heterocycles. The maximum atomic E-state index is 13.7. The van der Waals surface area contributed by atoms with Crippen molar-refractivity contribution < 1.29 is 14.3 Å². The van der Waals surface area contributed by atoms with E-state index in [-0.39, 0.29) is 18.4 Å². The molecule has 2 aromatic carbocycles. The summed E-state index contributed by atoms with van der Waals surface area (Å²) < 4.78 is 5.52. The van der Waals surface area contributed by atoms with Gasteiger partial charge in [-0.2, -0.15) is 0 Å². The number of piperazine rings is 1. The van der Waals surface area contributed by atoms with Crippen LogP contribution in [0.5, 0.6) is 5.75 Å². The Kier molecular flexibility index (Phi) is 5.59. The molecule has 0 unspecified atom stereocenters. The van der Waals surface area contributed by atoms with Crippen molar-refractivity contribution in [3.05, 3.63) is 76.0 Å². The highest BCUT2D eigenvalue weighted by Crippen LogP contribution is 2.37. The highest BCUT2D eigenvalue weighted by Gasteiger charge is 2.42. The number of hydrogen-bond donors (Lipinski definition) is 0. The van der Waals surface area contributed by atoms with Crippen molar-refractivity contribution in [1.29, 1.82) is 0 Å². The molecular weight excluding hydrogens is 396 g/mol. The van der Waals surface area contributed by atoms with Gasteiger partial charge in [-0.1, -0.05) is 18.2 Å². The molecule has 5 nitrogen and oxygen atoms in total. The van der Waals surface area contributed by atoms with Gasteiger partial charge in [-0.15, -0.1) is 11.3 Å². The number of anilines is 2. The zero-order chi connectivity index (χ0) is 21.3. The zero-order valence-electron chi connectivity index (χ0n) is 17.3. The summed E-state index contributed by atoms with van der Waals surface area (Å²) in [5.41, 5.74) is 3.59. The average molecular weight is 421 g/mol. The van der Waals surface area contributed by atoms with Crippen molar-refractivity contribution in [2.24, 2.45) is 0 Å². The first kappa shape index (κ1) is 20.2. The van der Waals surface area contributed by atoms with Crippen LogP contribution in [0.3, 0.4) is 0 Å². The number of aryl methyl sites for hydroxylation is 1. The molecule has 0 spiro atoms. The first-order valence-corrected chi connectivity index (χ1v) is 10.8. The predicted octanol–water partition coefficient (Wildman–Crippen LogP) is 4.88. The Morgan fingerprint density at radius 2 is 1.80 bits per heavy atom. The number of amides is 2. The van der Waals surface area contributed by atoms with Gasteiger partial charge in [0.2, 0.25) is 5.91 Å². The Bertz CT molecular complexity index is 1060. The fourth-order valence-electron chi connectivity index (χ4n) is 3.78. The van der Waals surface area contributed by atoms with Crippen molar-refractivity contribution >= 4 is 34.5 Å². The zero-order valence-corrected chi connectivity index (χ0v) is 18.1. The molecule has 30 heavy (non-hydrogen) atoms. The molecule has 1 aliphatic heterocycles. The summed E-state index contributed by atoms with van der Waals surface area (Å²) in [6, 6.07) is 16.3. The topological polar surface area (TPSA) is 49.9 Å². The van der Waals surface area contributed by atoms with E-state index < -0.39 is 6.04 Å². The van der Waals surface area contributed by atoms with Gasteiger partial charge in [-0.3, -0.25) is 14.5 Å². The summed E-state index contributed by atoms with van der Waals surface area (Å²) in [5.74, 6) is 0.527. The molecule has 2 amide bonds. The van der Waals surface area contributed by atoms with Gasteiger partial charge in [0.25, 0.3) is 5.91 Å². The molecule has 0 bridgehead atoms. The molecule has 6 heteroatoms. The fourth-order valence-corrected chi connectivity index (χ4v) is 4.59. The number of carbonyl (C=O) groups excluding carboxylic acids is 2. The third-order valence-corrected chi connectivity index (χ3v) is 6.35. The predicted molar refractivity (Wildman–Crippen MR) is 120 cm³/mol. The molecule has 0 radical (unpaired) electrons. The Morgan fingerprint density at radius 1 is 1.03 bits per heavy atom. The fraction of sp³-hybridized carbons (Fsp3) is 0.250. The molecular formula is C24H24N2O3S. The molecule has 4 rings (SSSR count). The summed E-state index contributed by atoms with van der Waals surface area (Å²) in [7, 11) is 0. The molecule has 0 N–H and O–H groups in total. The molecule has 0 saturated carbocycles. The maximum absolute atomic E-state index is 13.7. The smallest absolute Gasteiger partial charge is 0.256 e. The summed E-state index contributed by atoms with van der Waals surface area (Å²) in [6.07, 6.45) is 0. The highest BCUT2D eigenvalue weighted by molar-refractivity contribution is 7.10. The Balaban J connectivity index is 1.76. The van der Waals surface area contributed by atoms with Gasteiger partial charge < -0.3 is 9.64 Å². The van der Waals surface area contributed by atoms with Crippen molar-refractivity contribution in [1.82, 2.24) is 0 Å². The normalized spacial score (nSPS) is 16.8. The summed E-state index contributed by atoms with van der Waals surface area (Å²) in [4.78, 5) is 31.1. The standard InChI is InChI=1S/C24H24N2O3S/c1-4-29-19-12-10-18(11-13-19)26-22(27)15-25(20-8-5-7-16(2)17(20)3)24(28)23(26)21-9-6-14-30-21/h5-14,23H,4,15H2,1-3H3/t23-/m0/s1. The van der Waals surface area contributed by atoms with Crippen molar-refractivity contribution in [2.45, 2.75) is 26.8 Å². The van der Waals surface area contributed by atoms with Crippen LogP contribution in [0, 0.1) is 13.8 Å². The second-order valence-corrected chi connectivity index (χ2v) is 8.23. The maximum Gasteiger partial charge on any atom is 0.256 e. The van der Waals surface area contributed by atoms with Crippen LogP contribution in [0.2, 0.25) is 0 Å². The average Bonchev–Trinajstić information content (AvgIpc) is 3.27. The summed E-state index contributed by atoms with van der Waals surface area (Å²) in [5, 5.41) is 1.93. The molecule has 154 valence electrons. The molecule has 1 saturated heterocycles. The summed E-state index contributed by atoms with van der Waals surface area (Å²) in [6.45, 7) is 6.51. The minimum Gasteiger partial charge on any atom is -0.494 e. The minimum absolute atomic E-state index is 0.0121. The quantitative estimate of drug-likeness (QED) is 0.591. The third-order valence-electron chi connectivity index (χ3n) is 5.43. The number of nitrogens with zero attached hydrogens (tertiary/aromatic N) is 2. The van der Waals surface area contributed by atoms with E-state index in [0.717, 1.165) is 27.4 Å². The first-order chi connectivity index (χ1) is 14.5.